The molecule has 0 saturated carbocycles. The van der Waals surface area contributed by atoms with Crippen LogP contribution in [-0.2, 0) is 4.79 Å². The molecule has 2 N–H and O–H groups in total. The number of fused-ring (bicyclic) bond motifs is 1. The van der Waals surface area contributed by atoms with E-state index in [-0.39, 0.29) is 13.4 Å². The van der Waals surface area contributed by atoms with Gasteiger partial charge in [0.2, 0.25) is 5.91 Å². The first-order valence-corrected chi connectivity index (χ1v) is 11.7. The Morgan fingerprint density at radius 2 is 2.00 bits per heavy atom. The van der Waals surface area contributed by atoms with Crippen LogP contribution >= 0.6 is 0 Å². The van der Waals surface area contributed by atoms with Gasteiger partial charge in [-0.2, -0.15) is 0 Å². The molecular weight excluding hydrogens is 380 g/mol. The molecule has 0 aliphatic carbocycles. The fourth-order valence-corrected chi connectivity index (χ4v) is 4.39. The second kappa shape index (κ2) is 11.6. The number of unbranched alkanes of at least 4 members (excludes halogenated alkanes) is 4. The maximum absolute atomic E-state index is 12.6. The number of likely N-dealkylation sites (tertiary alicyclic amines) is 1. The molecular formula is C24H40N2O4. The summed E-state index contributed by atoms with van der Waals surface area (Å²) in [4.78, 5) is 15.0. The third-order valence-electron chi connectivity index (χ3n) is 6.26. The fraction of sp³-hybridized carbons (Fsp3) is 0.708. The molecule has 6 nitrogen and oxygen atoms in total. The van der Waals surface area contributed by atoms with Crippen molar-refractivity contribution in [2.75, 3.05) is 26.3 Å². The number of hydrogen-bond acceptors (Lipinski definition) is 5. The van der Waals surface area contributed by atoms with Crippen LogP contribution in [0, 0.1) is 0 Å². The highest BCUT2D eigenvalue weighted by Crippen LogP contribution is 2.33. The molecule has 1 aromatic carbocycles. The molecule has 3 rings (SSSR count). The minimum absolute atomic E-state index is 0. The molecule has 170 valence electrons. The Morgan fingerprint density at radius 3 is 2.73 bits per heavy atom. The highest BCUT2D eigenvalue weighted by molar-refractivity contribution is 5.76. The molecule has 2 aliphatic rings. The lowest BCUT2D eigenvalue weighted by molar-refractivity contribution is -0.123. The lowest BCUT2D eigenvalue weighted by atomic mass is 10.00. The van der Waals surface area contributed by atoms with E-state index in [1.165, 1.54) is 25.7 Å². The van der Waals surface area contributed by atoms with Gasteiger partial charge in [-0.15, -0.1) is 0 Å². The number of amides is 1. The molecule has 2 heterocycles. The van der Waals surface area contributed by atoms with E-state index in [0.29, 0.717) is 43.7 Å². The van der Waals surface area contributed by atoms with Crippen LogP contribution in [0.2, 0.25) is 0 Å². The minimum Gasteiger partial charge on any atom is -0.486 e. The molecule has 3 atom stereocenters. The Labute approximate surface area is 182 Å². The number of ether oxygens (including phenoxy) is 2. The third kappa shape index (κ3) is 6.35. The van der Waals surface area contributed by atoms with Crippen LogP contribution in [0.25, 0.3) is 0 Å². The summed E-state index contributed by atoms with van der Waals surface area (Å²) >= 11 is 0. The minimum atomic E-state index is -0.794. The molecule has 0 bridgehead atoms. The number of rotatable bonds is 11. The van der Waals surface area contributed by atoms with Gasteiger partial charge in [0.25, 0.3) is 0 Å². The van der Waals surface area contributed by atoms with Crippen molar-refractivity contribution in [3.05, 3.63) is 23.8 Å². The van der Waals surface area contributed by atoms with Gasteiger partial charge in [0.15, 0.2) is 11.5 Å². The smallest absolute Gasteiger partial charge is 0.220 e. The van der Waals surface area contributed by atoms with Crippen LogP contribution in [0.1, 0.15) is 78.3 Å². The second-order valence-electron chi connectivity index (χ2n) is 8.67. The number of hydrogen-bond donors (Lipinski definition) is 2. The zero-order valence-electron chi connectivity index (χ0n) is 18.6. The average molecular weight is 421 g/mol. The van der Waals surface area contributed by atoms with Crippen molar-refractivity contribution in [3.63, 3.8) is 0 Å². The highest BCUT2D eigenvalue weighted by Gasteiger charge is 2.30. The monoisotopic (exact) mass is 420 g/mol. The third-order valence-corrected chi connectivity index (χ3v) is 6.26. The number of benzene rings is 1. The molecule has 0 unspecified atom stereocenters. The van der Waals surface area contributed by atoms with E-state index in [9.17, 15) is 9.90 Å². The van der Waals surface area contributed by atoms with Crippen molar-refractivity contribution in [2.45, 2.75) is 83.4 Å². The number of aliphatic hydroxyl groups excluding tert-OH is 1. The lowest BCUT2D eigenvalue weighted by Crippen LogP contribution is -2.48. The number of carbonyl (C=O) groups is 1. The first-order chi connectivity index (χ1) is 14.6. The van der Waals surface area contributed by atoms with Gasteiger partial charge in [-0.3, -0.25) is 9.69 Å². The maximum atomic E-state index is 12.6. The topological polar surface area (TPSA) is 71.0 Å². The number of nitrogens with one attached hydrogen (secondary N) is 1. The zero-order chi connectivity index (χ0) is 21.3. The summed E-state index contributed by atoms with van der Waals surface area (Å²) in [6.45, 7) is 7.12. The Kier molecular flexibility index (Phi) is 8.82. The van der Waals surface area contributed by atoms with Crippen molar-refractivity contribution < 1.29 is 20.8 Å². The molecule has 30 heavy (non-hydrogen) atoms. The van der Waals surface area contributed by atoms with Gasteiger partial charge in [0.05, 0.1) is 6.04 Å². The summed E-state index contributed by atoms with van der Waals surface area (Å²) in [5.74, 6) is 1.39. The maximum Gasteiger partial charge on any atom is 0.220 e. The van der Waals surface area contributed by atoms with Crippen LogP contribution in [0.4, 0.5) is 0 Å². The van der Waals surface area contributed by atoms with Gasteiger partial charge in [0.1, 0.15) is 19.3 Å². The first kappa shape index (κ1) is 22.9. The van der Waals surface area contributed by atoms with Crippen molar-refractivity contribution in [3.8, 4) is 11.5 Å². The van der Waals surface area contributed by atoms with E-state index < -0.39 is 6.10 Å². The predicted molar refractivity (Wildman–Crippen MR) is 120 cm³/mol. The van der Waals surface area contributed by atoms with Crippen molar-refractivity contribution in [2.24, 2.45) is 0 Å². The summed E-state index contributed by atoms with van der Waals surface area (Å²) in [6.07, 6.45) is 7.64. The van der Waals surface area contributed by atoms with Crippen LogP contribution < -0.4 is 14.8 Å². The number of aliphatic hydroxyl groups is 1. The van der Waals surface area contributed by atoms with E-state index >= 15 is 0 Å². The SMILES string of the molecule is CCCCCCCC(=O)N[C@H](CN1CCC[C@@H]1C)[C@@H](O)c1ccc2c(c1)OCCO2.[HH]. The molecule has 0 aromatic heterocycles. The quantitative estimate of drug-likeness (QED) is 0.528. The van der Waals surface area contributed by atoms with Crippen LogP contribution in [0.15, 0.2) is 18.2 Å². The Morgan fingerprint density at radius 1 is 1.23 bits per heavy atom. The highest BCUT2D eigenvalue weighted by atomic mass is 16.6. The fourth-order valence-electron chi connectivity index (χ4n) is 4.39. The summed E-state index contributed by atoms with van der Waals surface area (Å²) in [6, 6.07) is 5.69. The normalized spacial score (nSPS) is 20.7. The number of nitrogens with zero attached hydrogens (tertiary/aromatic N) is 1. The summed E-state index contributed by atoms with van der Waals surface area (Å²) < 4.78 is 11.3. The van der Waals surface area contributed by atoms with Gasteiger partial charge in [-0.05, 0) is 50.4 Å². The van der Waals surface area contributed by atoms with E-state index in [4.69, 9.17) is 9.47 Å². The molecule has 1 saturated heterocycles. The van der Waals surface area contributed by atoms with Crippen LogP contribution in [0.3, 0.4) is 0 Å². The largest absolute Gasteiger partial charge is 0.486 e. The van der Waals surface area contributed by atoms with Crippen molar-refractivity contribution >= 4 is 5.91 Å². The predicted octanol–water partition coefficient (Wildman–Crippen LogP) is 4.07. The number of carbonyl (C=O) groups excluding carboxylic acids is 1. The van der Waals surface area contributed by atoms with Crippen LogP contribution in [-0.4, -0.2) is 54.3 Å². The molecule has 6 heteroatoms. The first-order valence-electron chi connectivity index (χ1n) is 11.7. The summed E-state index contributed by atoms with van der Waals surface area (Å²) in [7, 11) is 0. The van der Waals surface area contributed by atoms with Gasteiger partial charge >= 0.3 is 0 Å². The van der Waals surface area contributed by atoms with Crippen molar-refractivity contribution in [1.82, 2.24) is 10.2 Å². The van der Waals surface area contributed by atoms with E-state index in [0.717, 1.165) is 31.4 Å². The van der Waals surface area contributed by atoms with Gasteiger partial charge in [-0.25, -0.2) is 0 Å². The Bertz CT molecular complexity index is 688. The summed E-state index contributed by atoms with van der Waals surface area (Å²) in [5.41, 5.74) is 0.749. The van der Waals surface area contributed by atoms with Gasteiger partial charge < -0.3 is 19.9 Å². The van der Waals surface area contributed by atoms with Gasteiger partial charge in [0, 0.05) is 20.4 Å². The molecule has 1 aromatic rings. The van der Waals surface area contributed by atoms with Crippen molar-refractivity contribution in [1.29, 1.82) is 0 Å². The average Bonchev–Trinajstić information content (AvgIpc) is 3.16. The zero-order valence-corrected chi connectivity index (χ0v) is 18.6. The molecule has 0 spiro atoms. The van der Waals surface area contributed by atoms with E-state index in [1.54, 1.807) is 0 Å². The standard InChI is InChI=1S/C24H38N2O4.H2/c1-3-4-5-6-7-10-23(27)25-20(17-26-13-8-9-18(26)2)24(28)19-11-12-21-22(16-19)30-15-14-29-21;/h11-12,16,18,20,24,28H,3-10,13-15,17H2,1-2H3,(H,25,27);1H/t18-,20+,24-;/m0./s1. The van der Waals surface area contributed by atoms with Gasteiger partial charge in [-0.1, -0.05) is 38.7 Å². The van der Waals surface area contributed by atoms with E-state index in [1.807, 2.05) is 18.2 Å². The summed E-state index contributed by atoms with van der Waals surface area (Å²) in [5, 5.41) is 14.3. The van der Waals surface area contributed by atoms with Crippen LogP contribution in [0.5, 0.6) is 11.5 Å². The van der Waals surface area contributed by atoms with E-state index in [2.05, 4.69) is 24.1 Å². The Balaban J connectivity index is 0.00000341. The Hall–Kier alpha value is -1.79. The lowest BCUT2D eigenvalue weighted by Gasteiger charge is -2.31. The molecule has 0 radical (unpaired) electrons. The molecule has 2 aliphatic heterocycles. The molecule has 1 fully saturated rings. The second-order valence-corrected chi connectivity index (χ2v) is 8.67. The molecule has 1 amide bonds.